The summed E-state index contributed by atoms with van der Waals surface area (Å²) in [5, 5.41) is 3.86. The fraction of sp³-hybridized carbons (Fsp3) is 1.00. The zero-order valence-corrected chi connectivity index (χ0v) is 10.0. The molecule has 0 heterocycles. The smallest absolute Gasteiger partial charge is 0.00952 e. The first-order valence-corrected chi connectivity index (χ1v) is 6.77. The molecule has 2 nitrogen and oxygen atoms in total. The Kier molecular flexibility index (Phi) is 4.04. The van der Waals surface area contributed by atoms with E-state index in [2.05, 4.69) is 12.2 Å². The third-order valence-corrected chi connectivity index (χ3v) is 4.28. The molecule has 0 aromatic heterocycles. The SMILES string of the molecule is CC1CCCCC1NC1CCCC(N)C1. The van der Waals surface area contributed by atoms with E-state index >= 15 is 0 Å². The van der Waals surface area contributed by atoms with Crippen LogP contribution in [0.2, 0.25) is 0 Å². The van der Waals surface area contributed by atoms with Crippen molar-refractivity contribution in [3.05, 3.63) is 0 Å². The van der Waals surface area contributed by atoms with Crippen molar-refractivity contribution in [2.45, 2.75) is 76.4 Å². The van der Waals surface area contributed by atoms with Gasteiger partial charge in [-0.15, -0.1) is 0 Å². The van der Waals surface area contributed by atoms with E-state index in [1.54, 1.807) is 0 Å². The third-order valence-electron chi connectivity index (χ3n) is 4.28. The fourth-order valence-corrected chi connectivity index (χ4v) is 3.25. The van der Waals surface area contributed by atoms with E-state index in [9.17, 15) is 0 Å². The first-order chi connectivity index (χ1) is 7.25. The van der Waals surface area contributed by atoms with Crippen LogP contribution in [0, 0.1) is 5.92 Å². The molecular weight excluding hydrogens is 184 g/mol. The van der Waals surface area contributed by atoms with Gasteiger partial charge in [-0.25, -0.2) is 0 Å². The molecule has 3 N–H and O–H groups in total. The van der Waals surface area contributed by atoms with Gasteiger partial charge in [0.2, 0.25) is 0 Å². The molecule has 0 saturated heterocycles. The Morgan fingerprint density at radius 2 is 1.80 bits per heavy atom. The molecule has 0 amide bonds. The predicted octanol–water partition coefficient (Wildman–Crippen LogP) is 2.42. The zero-order chi connectivity index (χ0) is 10.7. The number of hydrogen-bond acceptors (Lipinski definition) is 2. The molecule has 2 fully saturated rings. The largest absolute Gasteiger partial charge is 0.328 e. The molecule has 0 radical (unpaired) electrons. The minimum atomic E-state index is 0.454. The molecule has 0 aromatic carbocycles. The summed E-state index contributed by atoms with van der Waals surface area (Å²) in [5.74, 6) is 0.872. The Morgan fingerprint density at radius 1 is 1.00 bits per heavy atom. The molecule has 4 unspecified atom stereocenters. The molecule has 0 spiro atoms. The highest BCUT2D eigenvalue weighted by Gasteiger charge is 2.26. The van der Waals surface area contributed by atoms with Gasteiger partial charge in [-0.2, -0.15) is 0 Å². The highest BCUT2D eigenvalue weighted by Crippen LogP contribution is 2.26. The van der Waals surface area contributed by atoms with Crippen molar-refractivity contribution in [3.8, 4) is 0 Å². The summed E-state index contributed by atoms with van der Waals surface area (Å²) >= 11 is 0. The zero-order valence-electron chi connectivity index (χ0n) is 10.0. The maximum Gasteiger partial charge on any atom is 0.00952 e. The van der Waals surface area contributed by atoms with E-state index in [1.165, 1.54) is 51.4 Å². The maximum atomic E-state index is 6.02. The number of hydrogen-bond donors (Lipinski definition) is 2. The molecule has 2 aliphatic carbocycles. The molecule has 0 aliphatic heterocycles. The van der Waals surface area contributed by atoms with Crippen LogP contribution in [0.4, 0.5) is 0 Å². The lowest BCUT2D eigenvalue weighted by atomic mass is 9.84. The normalized spacial score (nSPS) is 42.8. The second-order valence-corrected chi connectivity index (χ2v) is 5.66. The summed E-state index contributed by atoms with van der Waals surface area (Å²) in [6, 6.07) is 1.93. The summed E-state index contributed by atoms with van der Waals surface area (Å²) in [6.45, 7) is 2.40. The van der Waals surface area contributed by atoms with Gasteiger partial charge in [-0.3, -0.25) is 0 Å². The van der Waals surface area contributed by atoms with Gasteiger partial charge in [-0.1, -0.05) is 26.2 Å². The Bertz CT molecular complexity index is 193. The van der Waals surface area contributed by atoms with Crippen LogP contribution in [0.15, 0.2) is 0 Å². The van der Waals surface area contributed by atoms with Gasteiger partial charge in [-0.05, 0) is 38.0 Å². The van der Waals surface area contributed by atoms with Crippen LogP contribution in [0.25, 0.3) is 0 Å². The maximum absolute atomic E-state index is 6.02. The standard InChI is InChI=1S/C13H26N2/c1-10-5-2-3-8-13(10)15-12-7-4-6-11(14)9-12/h10-13,15H,2-9,14H2,1H3. The van der Waals surface area contributed by atoms with Gasteiger partial charge in [0.1, 0.15) is 0 Å². The molecular formula is C13H26N2. The summed E-state index contributed by atoms with van der Waals surface area (Å²) in [6.07, 6.45) is 10.7. The molecule has 2 rings (SSSR count). The van der Waals surface area contributed by atoms with E-state index in [1.807, 2.05) is 0 Å². The van der Waals surface area contributed by atoms with E-state index in [0.717, 1.165) is 12.0 Å². The van der Waals surface area contributed by atoms with Gasteiger partial charge in [0.25, 0.3) is 0 Å². The molecule has 88 valence electrons. The molecule has 2 heteroatoms. The average molecular weight is 210 g/mol. The van der Waals surface area contributed by atoms with Crippen LogP contribution in [0.3, 0.4) is 0 Å². The van der Waals surface area contributed by atoms with Crippen molar-refractivity contribution in [1.29, 1.82) is 0 Å². The Hall–Kier alpha value is -0.0800. The van der Waals surface area contributed by atoms with Gasteiger partial charge in [0, 0.05) is 18.1 Å². The van der Waals surface area contributed by atoms with Gasteiger partial charge in [0.15, 0.2) is 0 Å². The van der Waals surface area contributed by atoms with Crippen molar-refractivity contribution in [2.24, 2.45) is 11.7 Å². The van der Waals surface area contributed by atoms with Gasteiger partial charge in [0.05, 0.1) is 0 Å². The lowest BCUT2D eigenvalue weighted by molar-refractivity contribution is 0.227. The van der Waals surface area contributed by atoms with Crippen LogP contribution in [0.5, 0.6) is 0 Å². The summed E-state index contributed by atoms with van der Waals surface area (Å²) < 4.78 is 0. The van der Waals surface area contributed by atoms with Crippen molar-refractivity contribution < 1.29 is 0 Å². The lowest BCUT2D eigenvalue weighted by Crippen LogP contribution is -2.47. The topological polar surface area (TPSA) is 38.0 Å². The second-order valence-electron chi connectivity index (χ2n) is 5.66. The van der Waals surface area contributed by atoms with E-state index < -0.39 is 0 Å². The van der Waals surface area contributed by atoms with Crippen molar-refractivity contribution in [3.63, 3.8) is 0 Å². The second kappa shape index (κ2) is 5.31. The molecule has 15 heavy (non-hydrogen) atoms. The van der Waals surface area contributed by atoms with Crippen LogP contribution in [-0.4, -0.2) is 18.1 Å². The lowest BCUT2D eigenvalue weighted by Gasteiger charge is -2.36. The summed E-state index contributed by atoms with van der Waals surface area (Å²) in [5.41, 5.74) is 6.02. The van der Waals surface area contributed by atoms with Crippen molar-refractivity contribution >= 4 is 0 Å². The predicted molar refractivity (Wildman–Crippen MR) is 64.8 cm³/mol. The molecule has 0 aromatic rings. The Morgan fingerprint density at radius 3 is 2.53 bits per heavy atom. The summed E-state index contributed by atoms with van der Waals surface area (Å²) in [7, 11) is 0. The number of rotatable bonds is 2. The Balaban J connectivity index is 1.79. The summed E-state index contributed by atoms with van der Waals surface area (Å²) in [4.78, 5) is 0. The highest BCUT2D eigenvalue weighted by molar-refractivity contribution is 4.86. The minimum absolute atomic E-state index is 0.454. The van der Waals surface area contributed by atoms with Crippen molar-refractivity contribution in [1.82, 2.24) is 5.32 Å². The van der Waals surface area contributed by atoms with Crippen LogP contribution < -0.4 is 11.1 Å². The molecule has 4 atom stereocenters. The van der Waals surface area contributed by atoms with Crippen molar-refractivity contribution in [2.75, 3.05) is 0 Å². The van der Waals surface area contributed by atoms with Gasteiger partial charge < -0.3 is 11.1 Å². The average Bonchev–Trinajstić information content (AvgIpc) is 2.22. The van der Waals surface area contributed by atoms with E-state index in [0.29, 0.717) is 12.1 Å². The molecule has 2 saturated carbocycles. The quantitative estimate of drug-likeness (QED) is 0.734. The molecule has 2 aliphatic rings. The number of nitrogens with one attached hydrogen (secondary N) is 1. The Labute approximate surface area is 94.0 Å². The third kappa shape index (κ3) is 3.18. The molecule has 0 bridgehead atoms. The first kappa shape index (κ1) is 11.4. The van der Waals surface area contributed by atoms with Crippen LogP contribution in [-0.2, 0) is 0 Å². The highest BCUT2D eigenvalue weighted by atomic mass is 15.0. The van der Waals surface area contributed by atoms with E-state index in [4.69, 9.17) is 5.73 Å². The minimum Gasteiger partial charge on any atom is -0.328 e. The van der Waals surface area contributed by atoms with E-state index in [-0.39, 0.29) is 0 Å². The van der Waals surface area contributed by atoms with Gasteiger partial charge >= 0.3 is 0 Å². The fourth-order valence-electron chi connectivity index (χ4n) is 3.25. The first-order valence-electron chi connectivity index (χ1n) is 6.77. The van der Waals surface area contributed by atoms with Crippen LogP contribution >= 0.6 is 0 Å². The van der Waals surface area contributed by atoms with Crippen LogP contribution in [0.1, 0.15) is 58.3 Å². The monoisotopic (exact) mass is 210 g/mol. The number of nitrogens with two attached hydrogens (primary N) is 1.